The zero-order valence-electron chi connectivity index (χ0n) is 10.1. The number of carbonyl (C=O) groups excluding carboxylic acids is 1. The average Bonchev–Trinajstić information content (AvgIpc) is 2.67. The molecule has 2 atom stereocenters. The van der Waals surface area contributed by atoms with Gasteiger partial charge in [0.05, 0.1) is 5.75 Å². The molecule has 1 aliphatic rings. The molecule has 2 unspecified atom stereocenters. The Bertz CT molecular complexity index is 555. The van der Waals surface area contributed by atoms with Crippen molar-refractivity contribution < 1.29 is 17.9 Å². The standard InChI is InChI=1S/C12H12ClNO4S/c1-2-19(16)18-11-9(15)10(17-12(11)14)7-3-5-8(13)6-4-7/h3-6,10H,2,14H2,1H3. The van der Waals surface area contributed by atoms with Gasteiger partial charge in [0.1, 0.15) is 0 Å². The highest BCUT2D eigenvalue weighted by atomic mass is 35.5. The van der Waals surface area contributed by atoms with Crippen molar-refractivity contribution in [2.45, 2.75) is 13.0 Å². The van der Waals surface area contributed by atoms with E-state index in [1.807, 2.05) is 0 Å². The molecule has 0 radical (unpaired) electrons. The maximum absolute atomic E-state index is 12.1. The van der Waals surface area contributed by atoms with E-state index in [2.05, 4.69) is 0 Å². The Morgan fingerprint density at radius 2 is 2.05 bits per heavy atom. The van der Waals surface area contributed by atoms with Crippen LogP contribution in [0.3, 0.4) is 0 Å². The first kappa shape index (κ1) is 13.9. The van der Waals surface area contributed by atoms with Gasteiger partial charge in [-0.3, -0.25) is 4.79 Å². The van der Waals surface area contributed by atoms with Crippen LogP contribution >= 0.6 is 11.6 Å². The molecular formula is C12H12ClNO4S. The van der Waals surface area contributed by atoms with Crippen molar-refractivity contribution in [3.8, 4) is 0 Å². The summed E-state index contributed by atoms with van der Waals surface area (Å²) in [5, 5.41) is 0.554. The minimum atomic E-state index is -1.59. The van der Waals surface area contributed by atoms with Crippen LogP contribution in [0.4, 0.5) is 0 Å². The minimum Gasteiger partial charge on any atom is -0.460 e. The summed E-state index contributed by atoms with van der Waals surface area (Å²) in [6, 6.07) is 6.62. The lowest BCUT2D eigenvalue weighted by Gasteiger charge is -2.09. The van der Waals surface area contributed by atoms with Crippen LogP contribution < -0.4 is 5.73 Å². The van der Waals surface area contributed by atoms with E-state index < -0.39 is 23.0 Å². The van der Waals surface area contributed by atoms with Crippen molar-refractivity contribution in [3.05, 3.63) is 46.5 Å². The van der Waals surface area contributed by atoms with E-state index >= 15 is 0 Å². The van der Waals surface area contributed by atoms with Crippen molar-refractivity contribution in [2.24, 2.45) is 5.73 Å². The fraction of sp³-hybridized carbons (Fsp3) is 0.250. The predicted octanol–water partition coefficient (Wildman–Crippen LogP) is 1.81. The zero-order valence-corrected chi connectivity index (χ0v) is 11.7. The third-order valence-electron chi connectivity index (χ3n) is 2.52. The van der Waals surface area contributed by atoms with Gasteiger partial charge in [-0.1, -0.05) is 30.7 Å². The second-order valence-corrected chi connectivity index (χ2v) is 5.57. The number of ketones is 1. The molecule has 0 aromatic heterocycles. The van der Waals surface area contributed by atoms with Gasteiger partial charge in [-0.25, -0.2) is 4.21 Å². The number of nitrogens with two attached hydrogens (primary N) is 1. The maximum Gasteiger partial charge on any atom is 0.249 e. The second kappa shape index (κ2) is 5.63. The SMILES string of the molecule is CCS(=O)OC1=C(N)OC(c2ccc(Cl)cc2)C1=O. The van der Waals surface area contributed by atoms with E-state index in [0.717, 1.165) is 0 Å². The molecule has 0 amide bonds. The summed E-state index contributed by atoms with van der Waals surface area (Å²) >= 11 is 4.18. The van der Waals surface area contributed by atoms with E-state index in [4.69, 9.17) is 26.3 Å². The van der Waals surface area contributed by atoms with Gasteiger partial charge < -0.3 is 14.7 Å². The van der Waals surface area contributed by atoms with Gasteiger partial charge in [-0.15, -0.1) is 0 Å². The molecule has 0 saturated heterocycles. The highest BCUT2D eigenvalue weighted by Gasteiger charge is 2.38. The van der Waals surface area contributed by atoms with E-state index in [0.29, 0.717) is 10.6 Å². The van der Waals surface area contributed by atoms with E-state index in [9.17, 15) is 9.00 Å². The lowest BCUT2D eigenvalue weighted by atomic mass is 10.1. The van der Waals surface area contributed by atoms with E-state index in [1.165, 1.54) is 0 Å². The molecular weight excluding hydrogens is 290 g/mol. The third kappa shape index (κ3) is 2.90. The zero-order chi connectivity index (χ0) is 14.0. The van der Waals surface area contributed by atoms with Gasteiger partial charge in [0.15, 0.2) is 6.10 Å². The van der Waals surface area contributed by atoms with Gasteiger partial charge in [0.25, 0.3) is 0 Å². The first-order valence-corrected chi connectivity index (χ1v) is 7.18. The Morgan fingerprint density at radius 3 is 2.63 bits per heavy atom. The summed E-state index contributed by atoms with van der Waals surface area (Å²) in [6.07, 6.45) is -0.874. The number of carbonyl (C=O) groups is 1. The Morgan fingerprint density at radius 1 is 1.42 bits per heavy atom. The van der Waals surface area contributed by atoms with E-state index in [-0.39, 0.29) is 17.4 Å². The summed E-state index contributed by atoms with van der Waals surface area (Å²) in [6.45, 7) is 1.67. The predicted molar refractivity (Wildman–Crippen MR) is 71.3 cm³/mol. The molecule has 5 nitrogen and oxygen atoms in total. The largest absolute Gasteiger partial charge is 0.460 e. The normalized spacial score (nSPS) is 20.3. The first-order chi connectivity index (χ1) is 9.02. The molecule has 0 fully saturated rings. The molecule has 102 valence electrons. The summed E-state index contributed by atoms with van der Waals surface area (Å²) < 4.78 is 21.6. The maximum atomic E-state index is 12.1. The Hall–Kier alpha value is -1.53. The summed E-state index contributed by atoms with van der Waals surface area (Å²) in [7, 11) is 0. The van der Waals surface area contributed by atoms with Crippen molar-refractivity contribution in [1.82, 2.24) is 0 Å². The molecule has 0 bridgehead atoms. The van der Waals surface area contributed by atoms with Crippen LogP contribution in [0.15, 0.2) is 35.9 Å². The van der Waals surface area contributed by atoms with Gasteiger partial charge in [-0.05, 0) is 12.1 Å². The van der Waals surface area contributed by atoms with Crippen molar-refractivity contribution in [2.75, 3.05) is 5.75 Å². The molecule has 0 saturated carbocycles. The summed E-state index contributed by atoms with van der Waals surface area (Å²) in [5.74, 6) is -0.510. The number of halogens is 1. The molecule has 0 aliphatic carbocycles. The first-order valence-electron chi connectivity index (χ1n) is 5.55. The third-order valence-corrected chi connectivity index (χ3v) is 3.59. The van der Waals surface area contributed by atoms with Gasteiger partial charge in [-0.2, -0.15) is 0 Å². The summed E-state index contributed by atoms with van der Waals surface area (Å²) in [4.78, 5) is 12.1. The number of hydrogen-bond acceptors (Lipinski definition) is 5. The van der Waals surface area contributed by atoms with Crippen LogP contribution in [-0.4, -0.2) is 15.7 Å². The molecule has 1 aliphatic heterocycles. The van der Waals surface area contributed by atoms with Gasteiger partial charge >= 0.3 is 0 Å². The van der Waals surface area contributed by atoms with Crippen LogP contribution in [0.5, 0.6) is 0 Å². The van der Waals surface area contributed by atoms with Crippen LogP contribution in [0.1, 0.15) is 18.6 Å². The van der Waals surface area contributed by atoms with Crippen molar-refractivity contribution >= 4 is 28.5 Å². The quantitative estimate of drug-likeness (QED) is 0.917. The fourth-order valence-corrected chi connectivity index (χ4v) is 2.16. The van der Waals surface area contributed by atoms with Crippen LogP contribution in [-0.2, 0) is 24.8 Å². The van der Waals surface area contributed by atoms with Crippen molar-refractivity contribution in [1.29, 1.82) is 0 Å². The fourth-order valence-electron chi connectivity index (χ4n) is 1.57. The van der Waals surface area contributed by atoms with Crippen LogP contribution in [0, 0.1) is 0 Å². The Labute approximate surface area is 118 Å². The van der Waals surface area contributed by atoms with Gasteiger partial charge in [0.2, 0.25) is 28.5 Å². The number of Topliss-reactive ketones (excluding diaryl/α,β-unsaturated/α-hetero) is 1. The lowest BCUT2D eigenvalue weighted by molar-refractivity contribution is -0.123. The molecule has 1 heterocycles. The monoisotopic (exact) mass is 301 g/mol. The highest BCUT2D eigenvalue weighted by Crippen LogP contribution is 2.32. The number of rotatable bonds is 4. The average molecular weight is 302 g/mol. The molecule has 1 aromatic rings. The van der Waals surface area contributed by atoms with Gasteiger partial charge in [0, 0.05) is 10.6 Å². The smallest absolute Gasteiger partial charge is 0.249 e. The molecule has 2 N–H and O–H groups in total. The lowest BCUT2D eigenvalue weighted by Crippen LogP contribution is -2.13. The number of hydrogen-bond donors (Lipinski definition) is 1. The van der Waals surface area contributed by atoms with Crippen LogP contribution in [0.25, 0.3) is 0 Å². The topological polar surface area (TPSA) is 78.6 Å². The Kier molecular flexibility index (Phi) is 4.11. The Balaban J connectivity index is 2.19. The molecule has 1 aromatic carbocycles. The molecule has 0 spiro atoms. The van der Waals surface area contributed by atoms with Crippen LogP contribution in [0.2, 0.25) is 5.02 Å². The summed E-state index contributed by atoms with van der Waals surface area (Å²) in [5.41, 5.74) is 6.19. The molecule has 7 heteroatoms. The highest BCUT2D eigenvalue weighted by molar-refractivity contribution is 7.80. The number of ether oxygens (including phenoxy) is 1. The van der Waals surface area contributed by atoms with Crippen molar-refractivity contribution in [3.63, 3.8) is 0 Å². The second-order valence-electron chi connectivity index (χ2n) is 3.78. The molecule has 2 rings (SSSR count). The number of benzene rings is 1. The minimum absolute atomic E-state index is 0.147. The van der Waals surface area contributed by atoms with E-state index in [1.54, 1.807) is 31.2 Å². The molecule has 19 heavy (non-hydrogen) atoms.